The standard InChI is InChI=1S/C15H20N2.C2H6/c1-11(16)13-7-9-15(10-8-13)17-12(2)14-5-3-4-6-14;1-2/h7-10,14,16-17H,2-6H2,1H3;1-2H3. The average Bonchev–Trinajstić information content (AvgIpc) is 2.95. The summed E-state index contributed by atoms with van der Waals surface area (Å²) in [6.45, 7) is 9.94. The number of anilines is 1. The number of rotatable bonds is 4. The second-order valence-corrected chi connectivity index (χ2v) is 4.83. The van der Waals surface area contributed by atoms with Crippen molar-refractivity contribution in [3.05, 3.63) is 42.1 Å². The second-order valence-electron chi connectivity index (χ2n) is 4.83. The number of hydrogen-bond acceptors (Lipinski definition) is 2. The van der Waals surface area contributed by atoms with E-state index in [1.807, 2.05) is 38.1 Å². The predicted octanol–water partition coefficient (Wildman–Crippen LogP) is 5.22. The summed E-state index contributed by atoms with van der Waals surface area (Å²) in [5.41, 5.74) is 3.79. The van der Waals surface area contributed by atoms with E-state index in [2.05, 4.69) is 11.9 Å². The minimum Gasteiger partial charge on any atom is -0.359 e. The van der Waals surface area contributed by atoms with Crippen LogP contribution in [0.5, 0.6) is 0 Å². The molecule has 0 heterocycles. The topological polar surface area (TPSA) is 35.9 Å². The third kappa shape index (κ3) is 4.55. The van der Waals surface area contributed by atoms with Crippen molar-refractivity contribution in [1.82, 2.24) is 0 Å². The monoisotopic (exact) mass is 258 g/mol. The molecule has 0 spiro atoms. The van der Waals surface area contributed by atoms with Gasteiger partial charge in [0.25, 0.3) is 0 Å². The van der Waals surface area contributed by atoms with Gasteiger partial charge in [0, 0.05) is 17.1 Å². The van der Waals surface area contributed by atoms with Gasteiger partial charge in [0.2, 0.25) is 0 Å². The first-order valence-electron chi connectivity index (χ1n) is 7.28. The molecule has 1 aromatic carbocycles. The Hall–Kier alpha value is -1.57. The molecular weight excluding hydrogens is 232 g/mol. The summed E-state index contributed by atoms with van der Waals surface area (Å²) in [5.74, 6) is 0.638. The molecule has 2 N–H and O–H groups in total. The molecule has 0 aromatic heterocycles. The van der Waals surface area contributed by atoms with Crippen molar-refractivity contribution in [1.29, 1.82) is 5.41 Å². The lowest BCUT2D eigenvalue weighted by molar-refractivity contribution is 0.649. The van der Waals surface area contributed by atoms with Crippen LogP contribution >= 0.6 is 0 Å². The fourth-order valence-corrected chi connectivity index (χ4v) is 2.37. The molecule has 0 saturated heterocycles. The predicted molar refractivity (Wildman–Crippen MR) is 85.0 cm³/mol. The molecular formula is C17H26N2. The normalized spacial score (nSPS) is 14.5. The average molecular weight is 258 g/mol. The highest BCUT2D eigenvalue weighted by Crippen LogP contribution is 2.30. The van der Waals surface area contributed by atoms with E-state index in [9.17, 15) is 0 Å². The number of allylic oxidation sites excluding steroid dienone is 1. The van der Waals surface area contributed by atoms with Gasteiger partial charge in [-0.3, -0.25) is 0 Å². The molecule has 1 aromatic rings. The van der Waals surface area contributed by atoms with Crippen LogP contribution in [0.1, 0.15) is 52.0 Å². The van der Waals surface area contributed by atoms with E-state index in [4.69, 9.17) is 5.41 Å². The van der Waals surface area contributed by atoms with Crippen molar-refractivity contribution in [2.45, 2.75) is 46.5 Å². The highest BCUT2D eigenvalue weighted by atomic mass is 14.9. The Kier molecular flexibility index (Phi) is 6.34. The molecule has 1 aliphatic rings. The van der Waals surface area contributed by atoms with Gasteiger partial charge in [-0.25, -0.2) is 0 Å². The first-order valence-corrected chi connectivity index (χ1v) is 7.28. The zero-order valence-corrected chi connectivity index (χ0v) is 12.4. The molecule has 1 saturated carbocycles. The van der Waals surface area contributed by atoms with Crippen LogP contribution in [0.25, 0.3) is 0 Å². The molecule has 0 atom stereocenters. The van der Waals surface area contributed by atoms with Gasteiger partial charge in [-0.05, 0) is 43.4 Å². The minimum absolute atomic E-state index is 0.603. The van der Waals surface area contributed by atoms with Crippen molar-refractivity contribution < 1.29 is 0 Å². The van der Waals surface area contributed by atoms with Crippen molar-refractivity contribution in [2.75, 3.05) is 5.32 Å². The van der Waals surface area contributed by atoms with E-state index in [1.54, 1.807) is 6.92 Å². The maximum absolute atomic E-state index is 7.55. The molecule has 0 aliphatic heterocycles. The van der Waals surface area contributed by atoms with Crippen LogP contribution in [-0.4, -0.2) is 5.71 Å². The summed E-state index contributed by atoms with van der Waals surface area (Å²) in [6, 6.07) is 8.00. The molecule has 2 heteroatoms. The van der Waals surface area contributed by atoms with E-state index in [0.29, 0.717) is 11.6 Å². The van der Waals surface area contributed by atoms with Gasteiger partial charge in [0.1, 0.15) is 0 Å². The van der Waals surface area contributed by atoms with Crippen LogP contribution < -0.4 is 5.32 Å². The van der Waals surface area contributed by atoms with Gasteiger partial charge in [-0.15, -0.1) is 0 Å². The molecule has 0 unspecified atom stereocenters. The molecule has 104 valence electrons. The van der Waals surface area contributed by atoms with Gasteiger partial charge in [-0.1, -0.05) is 45.4 Å². The molecule has 2 nitrogen and oxygen atoms in total. The van der Waals surface area contributed by atoms with Gasteiger partial charge >= 0.3 is 0 Å². The summed E-state index contributed by atoms with van der Waals surface area (Å²) in [4.78, 5) is 0. The zero-order valence-electron chi connectivity index (χ0n) is 12.4. The Morgan fingerprint density at radius 3 is 2.16 bits per heavy atom. The van der Waals surface area contributed by atoms with Crippen molar-refractivity contribution in [3.63, 3.8) is 0 Å². The quantitative estimate of drug-likeness (QED) is 0.714. The van der Waals surface area contributed by atoms with Crippen LogP contribution in [0.15, 0.2) is 36.5 Å². The molecule has 0 radical (unpaired) electrons. The lowest BCUT2D eigenvalue weighted by atomic mass is 10.0. The summed E-state index contributed by atoms with van der Waals surface area (Å²) < 4.78 is 0. The van der Waals surface area contributed by atoms with Crippen molar-refractivity contribution in [2.24, 2.45) is 5.92 Å². The van der Waals surface area contributed by atoms with E-state index >= 15 is 0 Å². The smallest absolute Gasteiger partial charge is 0.0382 e. The Balaban J connectivity index is 0.000000861. The zero-order chi connectivity index (χ0) is 14.3. The number of hydrogen-bond donors (Lipinski definition) is 2. The highest BCUT2D eigenvalue weighted by Gasteiger charge is 2.17. The van der Waals surface area contributed by atoms with Crippen LogP contribution in [0, 0.1) is 11.3 Å². The molecule has 0 bridgehead atoms. The van der Waals surface area contributed by atoms with E-state index < -0.39 is 0 Å². The van der Waals surface area contributed by atoms with Gasteiger partial charge in [0.15, 0.2) is 0 Å². The van der Waals surface area contributed by atoms with Gasteiger partial charge in [-0.2, -0.15) is 0 Å². The summed E-state index contributed by atoms with van der Waals surface area (Å²) in [7, 11) is 0. The summed E-state index contributed by atoms with van der Waals surface area (Å²) in [5, 5.41) is 10.9. The molecule has 19 heavy (non-hydrogen) atoms. The fourth-order valence-electron chi connectivity index (χ4n) is 2.37. The SMILES string of the molecule is C=C(Nc1ccc(C(C)=N)cc1)C1CCCC1.CC. The van der Waals surface area contributed by atoms with E-state index in [1.165, 1.54) is 25.7 Å². The van der Waals surface area contributed by atoms with Gasteiger partial charge < -0.3 is 10.7 Å². The van der Waals surface area contributed by atoms with Crippen molar-refractivity contribution >= 4 is 11.4 Å². The van der Waals surface area contributed by atoms with Gasteiger partial charge in [0.05, 0.1) is 0 Å². The van der Waals surface area contributed by atoms with E-state index in [0.717, 1.165) is 16.9 Å². The fraction of sp³-hybridized carbons (Fsp3) is 0.471. The maximum Gasteiger partial charge on any atom is 0.0382 e. The lowest BCUT2D eigenvalue weighted by Crippen LogP contribution is -2.07. The number of benzene rings is 1. The highest BCUT2D eigenvalue weighted by molar-refractivity contribution is 5.96. The maximum atomic E-state index is 7.55. The molecule has 2 rings (SSSR count). The third-order valence-corrected chi connectivity index (χ3v) is 3.47. The Bertz CT molecular complexity index is 411. The Morgan fingerprint density at radius 1 is 1.16 bits per heavy atom. The van der Waals surface area contributed by atoms with Crippen LogP contribution in [-0.2, 0) is 0 Å². The number of nitrogens with one attached hydrogen (secondary N) is 2. The Labute approximate surface area is 117 Å². The minimum atomic E-state index is 0.603. The third-order valence-electron chi connectivity index (χ3n) is 3.47. The lowest BCUT2D eigenvalue weighted by Gasteiger charge is -2.15. The summed E-state index contributed by atoms with van der Waals surface area (Å²) in [6.07, 6.45) is 5.20. The molecule has 1 fully saturated rings. The molecule has 1 aliphatic carbocycles. The first kappa shape index (κ1) is 15.5. The second kappa shape index (κ2) is 7.78. The largest absolute Gasteiger partial charge is 0.359 e. The van der Waals surface area contributed by atoms with Crippen LogP contribution in [0.4, 0.5) is 5.69 Å². The van der Waals surface area contributed by atoms with Crippen LogP contribution in [0.3, 0.4) is 0 Å². The first-order chi connectivity index (χ1) is 9.16. The summed E-state index contributed by atoms with van der Waals surface area (Å²) >= 11 is 0. The Morgan fingerprint density at radius 2 is 1.68 bits per heavy atom. The molecule has 0 amide bonds. The van der Waals surface area contributed by atoms with Crippen molar-refractivity contribution in [3.8, 4) is 0 Å². The van der Waals surface area contributed by atoms with E-state index in [-0.39, 0.29) is 0 Å². The van der Waals surface area contributed by atoms with Crippen LogP contribution in [0.2, 0.25) is 0 Å².